The van der Waals surface area contributed by atoms with Crippen LogP contribution in [0.5, 0.6) is 0 Å². The van der Waals surface area contributed by atoms with Crippen LogP contribution in [0.4, 0.5) is 0 Å². The Bertz CT molecular complexity index is 754. The third-order valence-electron chi connectivity index (χ3n) is 4.82. The molecule has 1 aliphatic rings. The van der Waals surface area contributed by atoms with E-state index < -0.39 is 0 Å². The van der Waals surface area contributed by atoms with Gasteiger partial charge < -0.3 is 4.57 Å². The van der Waals surface area contributed by atoms with E-state index in [-0.39, 0.29) is 0 Å². The lowest BCUT2D eigenvalue weighted by Crippen LogP contribution is -2.11. The van der Waals surface area contributed by atoms with Crippen molar-refractivity contribution >= 4 is 0 Å². The topological polar surface area (TPSA) is 48.5 Å². The first-order valence-electron chi connectivity index (χ1n) is 8.82. The number of aryl methyl sites for hydroxylation is 2. The predicted molar refractivity (Wildman–Crippen MR) is 92.7 cm³/mol. The summed E-state index contributed by atoms with van der Waals surface area (Å²) in [5, 5.41) is 4.86. The average Bonchev–Trinajstić information content (AvgIpc) is 3.36. The minimum Gasteiger partial charge on any atom is -0.330 e. The number of hydrogen-bond acceptors (Lipinski definition) is 3. The fraction of sp³-hybridized carbons (Fsp3) is 0.421. The van der Waals surface area contributed by atoms with Gasteiger partial charge in [-0.05, 0) is 24.8 Å². The fourth-order valence-electron chi connectivity index (χ4n) is 3.47. The molecule has 1 aromatic carbocycles. The number of nitrogens with zero attached hydrogens (tertiary/aromatic N) is 5. The van der Waals surface area contributed by atoms with Crippen LogP contribution in [-0.2, 0) is 19.5 Å². The van der Waals surface area contributed by atoms with Gasteiger partial charge >= 0.3 is 0 Å². The molecule has 1 aliphatic carbocycles. The minimum absolute atomic E-state index is 0.546. The van der Waals surface area contributed by atoms with Crippen LogP contribution >= 0.6 is 0 Å². The van der Waals surface area contributed by atoms with Gasteiger partial charge in [0.2, 0.25) is 0 Å². The van der Waals surface area contributed by atoms with E-state index in [0.29, 0.717) is 5.92 Å². The molecule has 0 bridgehead atoms. The standard InChI is InChI=1S/C19H23N5/c1-2-6-16(7-3-1)10-12-24-18(14-23-13-11-20-15-23)21-19(22-24)17-8-4-5-9-17/h1-3,6-7,11,13,15,17H,4-5,8-10,12,14H2. The molecule has 0 spiro atoms. The van der Waals surface area contributed by atoms with Crippen LogP contribution in [0.2, 0.25) is 0 Å². The molecule has 0 aliphatic heterocycles. The minimum atomic E-state index is 0.546. The summed E-state index contributed by atoms with van der Waals surface area (Å²) in [7, 11) is 0. The van der Waals surface area contributed by atoms with Crippen molar-refractivity contribution in [2.24, 2.45) is 0 Å². The molecule has 5 nitrogen and oxygen atoms in total. The first-order chi connectivity index (χ1) is 11.9. The van der Waals surface area contributed by atoms with Crippen LogP contribution < -0.4 is 0 Å². The Morgan fingerprint density at radius 3 is 2.67 bits per heavy atom. The van der Waals surface area contributed by atoms with Gasteiger partial charge in [0.25, 0.3) is 0 Å². The summed E-state index contributed by atoms with van der Waals surface area (Å²) in [5.74, 6) is 2.62. The largest absolute Gasteiger partial charge is 0.330 e. The third kappa shape index (κ3) is 3.40. The molecule has 0 amide bonds. The van der Waals surface area contributed by atoms with Crippen LogP contribution in [-0.4, -0.2) is 24.3 Å². The Balaban J connectivity index is 1.55. The smallest absolute Gasteiger partial charge is 0.154 e. The summed E-state index contributed by atoms with van der Waals surface area (Å²) in [5.41, 5.74) is 1.34. The van der Waals surface area contributed by atoms with Crippen molar-refractivity contribution < 1.29 is 0 Å². The van der Waals surface area contributed by atoms with E-state index in [1.807, 2.05) is 18.7 Å². The molecule has 0 radical (unpaired) electrons. The third-order valence-corrected chi connectivity index (χ3v) is 4.82. The Labute approximate surface area is 142 Å². The maximum absolute atomic E-state index is 4.88. The summed E-state index contributed by atoms with van der Waals surface area (Å²) < 4.78 is 4.15. The Hall–Kier alpha value is -2.43. The molecular formula is C19H23N5. The lowest BCUT2D eigenvalue weighted by molar-refractivity contribution is 0.552. The molecule has 0 unspecified atom stereocenters. The second-order valence-corrected chi connectivity index (χ2v) is 6.56. The molecule has 4 rings (SSSR count). The highest BCUT2D eigenvalue weighted by Crippen LogP contribution is 2.32. The maximum atomic E-state index is 4.88. The Morgan fingerprint density at radius 2 is 1.92 bits per heavy atom. The van der Waals surface area contributed by atoms with E-state index in [9.17, 15) is 0 Å². The maximum Gasteiger partial charge on any atom is 0.154 e. The van der Waals surface area contributed by atoms with Crippen molar-refractivity contribution in [1.82, 2.24) is 24.3 Å². The molecule has 0 saturated heterocycles. The molecule has 1 fully saturated rings. The molecule has 24 heavy (non-hydrogen) atoms. The van der Waals surface area contributed by atoms with E-state index in [0.717, 1.165) is 31.2 Å². The average molecular weight is 321 g/mol. The van der Waals surface area contributed by atoms with Gasteiger partial charge in [0.1, 0.15) is 5.82 Å². The molecule has 0 N–H and O–H groups in total. The Morgan fingerprint density at radius 1 is 1.08 bits per heavy atom. The van der Waals surface area contributed by atoms with Crippen molar-refractivity contribution in [3.63, 3.8) is 0 Å². The van der Waals surface area contributed by atoms with Gasteiger partial charge in [-0.25, -0.2) is 14.6 Å². The molecule has 1 saturated carbocycles. The summed E-state index contributed by atoms with van der Waals surface area (Å²) in [6.45, 7) is 1.60. The quantitative estimate of drug-likeness (QED) is 0.699. The van der Waals surface area contributed by atoms with E-state index in [2.05, 4.69) is 44.6 Å². The highest BCUT2D eigenvalue weighted by atomic mass is 15.4. The monoisotopic (exact) mass is 321 g/mol. The molecule has 0 atom stereocenters. The van der Waals surface area contributed by atoms with Crippen LogP contribution in [0.25, 0.3) is 0 Å². The molecule has 124 valence electrons. The number of benzene rings is 1. The van der Waals surface area contributed by atoms with Crippen molar-refractivity contribution in [2.45, 2.75) is 51.1 Å². The molecule has 3 aromatic rings. The van der Waals surface area contributed by atoms with Crippen LogP contribution in [0.1, 0.15) is 48.8 Å². The highest BCUT2D eigenvalue weighted by molar-refractivity contribution is 5.14. The number of rotatable bonds is 6. The van der Waals surface area contributed by atoms with Gasteiger partial charge in [-0.1, -0.05) is 43.2 Å². The SMILES string of the molecule is c1ccc(CCn2nc(C3CCCC3)nc2Cn2ccnc2)cc1. The van der Waals surface area contributed by atoms with E-state index >= 15 is 0 Å². The van der Waals surface area contributed by atoms with Crippen molar-refractivity contribution in [1.29, 1.82) is 0 Å². The first-order valence-corrected chi connectivity index (χ1v) is 8.82. The Kier molecular flexibility index (Phi) is 4.40. The van der Waals surface area contributed by atoms with Crippen molar-refractivity contribution in [3.8, 4) is 0 Å². The van der Waals surface area contributed by atoms with Gasteiger partial charge in [0.15, 0.2) is 5.82 Å². The lowest BCUT2D eigenvalue weighted by Gasteiger charge is -2.06. The predicted octanol–water partition coefficient (Wildman–Crippen LogP) is 3.42. The lowest BCUT2D eigenvalue weighted by atomic mass is 10.1. The fourth-order valence-corrected chi connectivity index (χ4v) is 3.47. The van der Waals surface area contributed by atoms with Gasteiger partial charge in [-0.3, -0.25) is 0 Å². The molecular weight excluding hydrogens is 298 g/mol. The van der Waals surface area contributed by atoms with Crippen LogP contribution in [0.3, 0.4) is 0 Å². The van der Waals surface area contributed by atoms with E-state index in [4.69, 9.17) is 10.1 Å². The normalized spacial score (nSPS) is 15.2. The van der Waals surface area contributed by atoms with Gasteiger partial charge in [0, 0.05) is 24.9 Å². The van der Waals surface area contributed by atoms with Crippen molar-refractivity contribution in [2.75, 3.05) is 0 Å². The number of imidazole rings is 1. The zero-order valence-electron chi connectivity index (χ0n) is 13.9. The molecule has 2 aromatic heterocycles. The second-order valence-electron chi connectivity index (χ2n) is 6.56. The van der Waals surface area contributed by atoms with E-state index in [1.54, 1.807) is 0 Å². The first kappa shape index (κ1) is 15.1. The second kappa shape index (κ2) is 6.99. The zero-order chi connectivity index (χ0) is 16.2. The van der Waals surface area contributed by atoms with Crippen molar-refractivity contribution in [3.05, 3.63) is 66.3 Å². The highest BCUT2D eigenvalue weighted by Gasteiger charge is 2.22. The summed E-state index contributed by atoms with van der Waals surface area (Å²) in [6.07, 6.45) is 11.7. The number of hydrogen-bond donors (Lipinski definition) is 0. The molecule has 5 heteroatoms. The molecule has 2 heterocycles. The zero-order valence-corrected chi connectivity index (χ0v) is 13.9. The van der Waals surface area contributed by atoms with Crippen LogP contribution in [0.15, 0.2) is 49.1 Å². The van der Waals surface area contributed by atoms with Gasteiger partial charge in [0.05, 0.1) is 12.9 Å². The summed E-state index contributed by atoms with van der Waals surface area (Å²) >= 11 is 0. The van der Waals surface area contributed by atoms with Gasteiger partial charge in [-0.15, -0.1) is 0 Å². The van der Waals surface area contributed by atoms with E-state index in [1.165, 1.54) is 31.2 Å². The van der Waals surface area contributed by atoms with Crippen LogP contribution in [0, 0.1) is 0 Å². The summed E-state index contributed by atoms with van der Waals surface area (Å²) in [6, 6.07) is 10.6. The van der Waals surface area contributed by atoms with Gasteiger partial charge in [-0.2, -0.15) is 5.10 Å². The number of aromatic nitrogens is 5. The summed E-state index contributed by atoms with van der Waals surface area (Å²) in [4.78, 5) is 9.01.